The Morgan fingerprint density at radius 2 is 1.80 bits per heavy atom. The van der Waals surface area contributed by atoms with Gasteiger partial charge in [0.1, 0.15) is 18.0 Å². The van der Waals surface area contributed by atoms with Crippen molar-refractivity contribution in [2.75, 3.05) is 12.4 Å². The molecule has 3 N–H and O–H groups in total. The van der Waals surface area contributed by atoms with Gasteiger partial charge in [0.25, 0.3) is 0 Å². The molecule has 8 nitrogen and oxygen atoms in total. The van der Waals surface area contributed by atoms with Gasteiger partial charge in [-0.05, 0) is 43.9 Å². The van der Waals surface area contributed by atoms with E-state index in [2.05, 4.69) is 25.7 Å². The van der Waals surface area contributed by atoms with Crippen molar-refractivity contribution in [3.63, 3.8) is 0 Å². The summed E-state index contributed by atoms with van der Waals surface area (Å²) >= 11 is 0. The summed E-state index contributed by atoms with van der Waals surface area (Å²) in [6.07, 6.45) is 16.6. The number of anilines is 1. The summed E-state index contributed by atoms with van der Waals surface area (Å²) in [5.41, 5.74) is 7.24. The van der Waals surface area contributed by atoms with Gasteiger partial charge in [0, 0.05) is 17.8 Å². The van der Waals surface area contributed by atoms with Crippen molar-refractivity contribution in [3.8, 4) is 0 Å². The number of carbonyl (C=O) groups excluding carboxylic acids is 2. The number of nitrogens with one attached hydrogen (secondary N) is 3. The quantitative estimate of drug-likeness (QED) is 0.547. The molecule has 0 bridgehead atoms. The molecular formula is C26H36FN5O3. The van der Waals surface area contributed by atoms with Crippen molar-refractivity contribution >= 4 is 17.6 Å². The van der Waals surface area contributed by atoms with Gasteiger partial charge in [0.2, 0.25) is 5.91 Å². The van der Waals surface area contributed by atoms with E-state index in [0.29, 0.717) is 12.0 Å². The van der Waals surface area contributed by atoms with Gasteiger partial charge in [-0.3, -0.25) is 4.79 Å². The van der Waals surface area contributed by atoms with Gasteiger partial charge in [0.05, 0.1) is 24.7 Å². The zero-order valence-electron chi connectivity index (χ0n) is 20.6. The normalized spacial score (nSPS) is 22.9. The summed E-state index contributed by atoms with van der Waals surface area (Å²) in [6.45, 7) is 1.66. The number of hydrogen-bond donors (Lipinski definition) is 3. The molecular weight excluding hydrogens is 449 g/mol. The number of esters is 1. The second kappa shape index (κ2) is 11.3. The van der Waals surface area contributed by atoms with E-state index in [-0.39, 0.29) is 28.7 Å². The first-order valence-corrected chi connectivity index (χ1v) is 12.6. The Bertz CT molecular complexity index is 1020. The van der Waals surface area contributed by atoms with E-state index in [0.717, 1.165) is 31.7 Å². The van der Waals surface area contributed by atoms with Crippen LogP contribution in [0.2, 0.25) is 0 Å². The van der Waals surface area contributed by atoms with Crippen LogP contribution < -0.4 is 16.2 Å². The summed E-state index contributed by atoms with van der Waals surface area (Å²) in [5, 5.41) is 2.88. The van der Waals surface area contributed by atoms with E-state index in [9.17, 15) is 14.0 Å². The van der Waals surface area contributed by atoms with Gasteiger partial charge in [-0.15, -0.1) is 0 Å². The fraction of sp³-hybridized carbons (Fsp3) is 0.577. The lowest BCUT2D eigenvalue weighted by molar-refractivity contribution is -0.122. The number of nitrogens with zero attached hydrogens (tertiary/aromatic N) is 2. The topological polar surface area (TPSA) is 97.3 Å². The number of ether oxygens (including phenoxy) is 1. The number of amides is 1. The van der Waals surface area contributed by atoms with Crippen LogP contribution in [0.1, 0.15) is 86.3 Å². The average Bonchev–Trinajstić information content (AvgIpc) is 3.38. The number of rotatable bonds is 4. The highest BCUT2D eigenvalue weighted by Crippen LogP contribution is 2.47. The lowest BCUT2D eigenvalue weighted by Crippen LogP contribution is -2.61. The number of methoxy groups -OCH3 is 1. The third-order valence-electron chi connectivity index (χ3n) is 7.53. The standard InChI is InChI=1S/C26H36FN5O3/c1-18-14-19(27)15-20(24(34)35-2)22(18)29-23(33)21-16-26(10-8-6-4-3-5-7-9-11-26)25(31-30-21)32-13-12-28-17-32/h12-15,17,21,25,30-31H,3-11,16H2,1-2H3,(H,29,33). The number of hydrazine groups is 1. The van der Waals surface area contributed by atoms with Gasteiger partial charge >= 0.3 is 5.97 Å². The number of carbonyl (C=O) groups is 2. The predicted molar refractivity (Wildman–Crippen MR) is 131 cm³/mol. The lowest BCUT2D eigenvalue weighted by atomic mass is 9.69. The van der Waals surface area contributed by atoms with Crippen molar-refractivity contribution < 1.29 is 18.7 Å². The monoisotopic (exact) mass is 485 g/mol. The summed E-state index contributed by atoms with van der Waals surface area (Å²) < 4.78 is 20.9. The van der Waals surface area contributed by atoms with Gasteiger partial charge in [-0.1, -0.05) is 44.9 Å². The van der Waals surface area contributed by atoms with Crippen LogP contribution in [0.15, 0.2) is 30.9 Å². The van der Waals surface area contributed by atoms with Crippen molar-refractivity contribution in [3.05, 3.63) is 47.8 Å². The number of aromatic nitrogens is 2. The molecule has 1 amide bonds. The number of benzene rings is 1. The third kappa shape index (κ3) is 5.73. The molecule has 1 spiro atoms. The molecule has 2 atom stereocenters. The molecule has 1 aromatic heterocycles. The Kier molecular flexibility index (Phi) is 8.18. The Balaban J connectivity index is 1.59. The predicted octanol–water partition coefficient (Wildman–Crippen LogP) is 4.63. The molecule has 9 heteroatoms. The summed E-state index contributed by atoms with van der Waals surface area (Å²) in [5.74, 6) is -1.51. The minimum atomic E-state index is -0.693. The zero-order chi connectivity index (χ0) is 24.8. The maximum absolute atomic E-state index is 14.0. The molecule has 1 saturated carbocycles. The molecule has 190 valence electrons. The highest BCUT2D eigenvalue weighted by atomic mass is 19.1. The second-order valence-electron chi connectivity index (χ2n) is 9.92. The molecule has 2 heterocycles. The molecule has 35 heavy (non-hydrogen) atoms. The zero-order valence-corrected chi connectivity index (χ0v) is 20.6. The Morgan fingerprint density at radius 1 is 1.11 bits per heavy atom. The van der Waals surface area contributed by atoms with Crippen molar-refractivity contribution in [2.24, 2.45) is 5.41 Å². The second-order valence-corrected chi connectivity index (χ2v) is 9.92. The summed E-state index contributed by atoms with van der Waals surface area (Å²) in [7, 11) is 1.24. The first kappa shape index (κ1) is 25.3. The van der Waals surface area contributed by atoms with E-state index in [4.69, 9.17) is 4.74 Å². The maximum atomic E-state index is 14.0. The molecule has 2 aromatic rings. The van der Waals surface area contributed by atoms with Crippen LogP contribution in [0.4, 0.5) is 10.1 Å². The minimum Gasteiger partial charge on any atom is -0.465 e. The fourth-order valence-corrected chi connectivity index (χ4v) is 5.70. The lowest BCUT2D eigenvalue weighted by Gasteiger charge is -2.48. The maximum Gasteiger partial charge on any atom is 0.340 e. The first-order chi connectivity index (χ1) is 16.9. The van der Waals surface area contributed by atoms with E-state index in [1.807, 2.05) is 12.5 Å². The number of halogens is 1. The van der Waals surface area contributed by atoms with Crippen LogP contribution in [-0.4, -0.2) is 34.6 Å². The smallest absolute Gasteiger partial charge is 0.340 e. The molecule has 2 fully saturated rings. The molecule has 1 aliphatic heterocycles. The molecule has 4 rings (SSSR count). The Labute approximate surface area is 206 Å². The molecule has 1 aliphatic carbocycles. The Morgan fingerprint density at radius 3 is 2.43 bits per heavy atom. The van der Waals surface area contributed by atoms with Gasteiger partial charge in [-0.2, -0.15) is 0 Å². The SMILES string of the molecule is COC(=O)c1cc(F)cc(C)c1NC(=O)C1CC2(CCCCCCCCC2)C(n2ccnc2)NN1. The van der Waals surface area contributed by atoms with Crippen LogP contribution in [0.25, 0.3) is 0 Å². The van der Waals surface area contributed by atoms with E-state index in [1.54, 1.807) is 13.1 Å². The van der Waals surface area contributed by atoms with Crippen LogP contribution in [0, 0.1) is 18.2 Å². The van der Waals surface area contributed by atoms with Crippen LogP contribution >= 0.6 is 0 Å². The van der Waals surface area contributed by atoms with Crippen LogP contribution in [0.5, 0.6) is 0 Å². The van der Waals surface area contributed by atoms with Gasteiger partial charge < -0.3 is 14.6 Å². The minimum absolute atomic E-state index is 0.00631. The number of imidazole rings is 1. The van der Waals surface area contributed by atoms with Crippen molar-refractivity contribution in [2.45, 2.75) is 83.3 Å². The molecule has 0 radical (unpaired) electrons. The molecule has 1 aromatic carbocycles. The van der Waals surface area contributed by atoms with Gasteiger partial charge in [-0.25, -0.2) is 25.0 Å². The van der Waals surface area contributed by atoms with Crippen LogP contribution in [0.3, 0.4) is 0 Å². The van der Waals surface area contributed by atoms with E-state index < -0.39 is 17.8 Å². The van der Waals surface area contributed by atoms with Crippen molar-refractivity contribution in [1.29, 1.82) is 0 Å². The van der Waals surface area contributed by atoms with E-state index in [1.165, 1.54) is 45.3 Å². The molecule has 1 saturated heterocycles. The third-order valence-corrected chi connectivity index (χ3v) is 7.53. The first-order valence-electron chi connectivity index (χ1n) is 12.6. The fourth-order valence-electron chi connectivity index (χ4n) is 5.70. The largest absolute Gasteiger partial charge is 0.465 e. The summed E-state index contributed by atoms with van der Waals surface area (Å²) in [6, 6.07) is 1.87. The number of aryl methyl sites for hydroxylation is 1. The van der Waals surface area contributed by atoms with Crippen LogP contribution in [-0.2, 0) is 9.53 Å². The Hall–Kier alpha value is -2.78. The molecule has 2 aliphatic rings. The van der Waals surface area contributed by atoms with E-state index >= 15 is 0 Å². The highest BCUT2D eigenvalue weighted by molar-refractivity contribution is 6.03. The number of hydrogen-bond acceptors (Lipinski definition) is 6. The summed E-state index contributed by atoms with van der Waals surface area (Å²) in [4.78, 5) is 30.0. The van der Waals surface area contributed by atoms with Crippen molar-refractivity contribution in [1.82, 2.24) is 20.4 Å². The highest BCUT2D eigenvalue weighted by Gasteiger charge is 2.46. The molecule has 2 unspecified atom stereocenters. The van der Waals surface area contributed by atoms with Gasteiger partial charge in [0.15, 0.2) is 0 Å². The average molecular weight is 486 g/mol.